The Hall–Kier alpha value is -7.09. The molecule has 64 heavy (non-hydrogen) atoms. The molecular weight excluding hydrogens is 807 g/mol. The molecule has 2 N–H and O–H groups in total. The fourth-order valence-corrected chi connectivity index (χ4v) is 8.86. The molecular formula is C52H49N5O7. The maximum absolute atomic E-state index is 12.0. The van der Waals surface area contributed by atoms with Gasteiger partial charge in [0.15, 0.2) is 23.2 Å². The van der Waals surface area contributed by atoms with E-state index in [4.69, 9.17) is 43.4 Å². The van der Waals surface area contributed by atoms with Crippen molar-refractivity contribution in [1.82, 2.24) is 19.5 Å². The third-order valence-corrected chi connectivity index (χ3v) is 12.1. The van der Waals surface area contributed by atoms with E-state index in [9.17, 15) is 5.11 Å². The molecule has 12 nitrogen and oxygen atoms in total. The molecule has 0 aliphatic carbocycles. The summed E-state index contributed by atoms with van der Waals surface area (Å²) in [5.74, 6) is 2.65. The summed E-state index contributed by atoms with van der Waals surface area (Å²) in [4.78, 5) is 14.4. The number of hydrogen-bond donors (Lipinski definition) is 2. The number of aromatic nitrogens is 4. The number of fused-ring (bicyclic) bond motifs is 1. The van der Waals surface area contributed by atoms with Crippen LogP contribution in [0.3, 0.4) is 0 Å². The Kier molecular flexibility index (Phi) is 12.1. The fourth-order valence-electron chi connectivity index (χ4n) is 8.86. The number of nitrogens with one attached hydrogen (secondary N) is 1. The molecule has 6 aromatic carbocycles. The van der Waals surface area contributed by atoms with E-state index in [1.807, 2.05) is 127 Å². The van der Waals surface area contributed by atoms with Gasteiger partial charge in [-0.25, -0.2) is 15.0 Å². The van der Waals surface area contributed by atoms with E-state index in [1.165, 1.54) is 6.33 Å². The Labute approximate surface area is 372 Å². The van der Waals surface area contributed by atoms with Gasteiger partial charge in [0.2, 0.25) is 0 Å². The molecule has 4 atom stereocenters. The average Bonchev–Trinajstić information content (AvgIpc) is 3.95. The van der Waals surface area contributed by atoms with Crippen LogP contribution in [0.2, 0.25) is 0 Å². The first-order valence-corrected chi connectivity index (χ1v) is 21.0. The molecule has 0 bridgehead atoms. The zero-order chi connectivity index (χ0) is 44.1. The molecule has 0 saturated carbocycles. The Morgan fingerprint density at radius 1 is 0.578 bits per heavy atom. The number of aliphatic hydroxyl groups excluding tert-OH is 1. The molecule has 1 aliphatic heterocycles. The van der Waals surface area contributed by atoms with Gasteiger partial charge in [0.1, 0.15) is 53.0 Å². The summed E-state index contributed by atoms with van der Waals surface area (Å²) < 4.78 is 38.3. The molecule has 0 unspecified atom stereocenters. The molecule has 8 aromatic rings. The van der Waals surface area contributed by atoms with E-state index in [-0.39, 0.29) is 6.61 Å². The Balaban J connectivity index is 1.09. The van der Waals surface area contributed by atoms with Gasteiger partial charge in [-0.15, -0.1) is 0 Å². The van der Waals surface area contributed by atoms with Crippen LogP contribution in [0.25, 0.3) is 11.2 Å². The number of benzene rings is 6. The van der Waals surface area contributed by atoms with E-state index in [1.54, 1.807) is 39.3 Å². The number of aliphatic hydroxyl groups is 1. The zero-order valence-corrected chi connectivity index (χ0v) is 35.9. The minimum Gasteiger partial charge on any atom is -0.497 e. The van der Waals surface area contributed by atoms with Crippen LogP contribution in [0, 0.1) is 0 Å². The van der Waals surface area contributed by atoms with Crippen LogP contribution < -0.4 is 19.5 Å². The lowest BCUT2D eigenvalue weighted by molar-refractivity contribution is -0.0948. The molecule has 1 saturated heterocycles. The molecule has 2 aromatic heterocycles. The van der Waals surface area contributed by atoms with Crippen molar-refractivity contribution in [3.8, 4) is 17.2 Å². The van der Waals surface area contributed by atoms with Crippen molar-refractivity contribution < 1.29 is 33.5 Å². The quantitative estimate of drug-likeness (QED) is 0.0907. The molecule has 0 radical (unpaired) electrons. The van der Waals surface area contributed by atoms with Gasteiger partial charge in [0.25, 0.3) is 0 Å². The molecule has 0 amide bonds. The van der Waals surface area contributed by atoms with Crippen molar-refractivity contribution in [2.75, 3.05) is 40.4 Å². The SMILES string of the molecule is COc1ccc(C(Nc2ncnc3c2ncn3[C@@H]2O[C@H](COC(c3ccccc3)(c3ccc(OC)cc3)c3ccc(OC)cc3)[C@@H](O)[C@H]2OC)(c2ccccc2)c2ccccc2)cc1. The minimum absolute atomic E-state index is 0.0164. The van der Waals surface area contributed by atoms with Crippen molar-refractivity contribution >= 4 is 17.0 Å². The van der Waals surface area contributed by atoms with Gasteiger partial charge in [-0.2, -0.15) is 0 Å². The zero-order valence-electron chi connectivity index (χ0n) is 35.9. The highest BCUT2D eigenvalue weighted by Crippen LogP contribution is 2.45. The fraction of sp³-hybridized carbons (Fsp3) is 0.212. The van der Waals surface area contributed by atoms with E-state index in [2.05, 4.69) is 41.7 Å². The molecule has 1 aliphatic rings. The second kappa shape index (κ2) is 18.3. The summed E-state index contributed by atoms with van der Waals surface area (Å²) in [7, 11) is 6.49. The van der Waals surface area contributed by atoms with Crippen molar-refractivity contribution in [2.45, 2.75) is 35.7 Å². The number of hydrogen-bond acceptors (Lipinski definition) is 11. The Bertz CT molecular complexity index is 2670. The lowest BCUT2D eigenvalue weighted by Crippen LogP contribution is -2.40. The summed E-state index contributed by atoms with van der Waals surface area (Å²) in [5.41, 5.74) is 4.45. The smallest absolute Gasteiger partial charge is 0.167 e. The average molecular weight is 856 g/mol. The molecule has 12 heteroatoms. The van der Waals surface area contributed by atoms with Gasteiger partial charge in [0, 0.05) is 7.11 Å². The van der Waals surface area contributed by atoms with Crippen molar-refractivity contribution in [1.29, 1.82) is 0 Å². The van der Waals surface area contributed by atoms with Crippen molar-refractivity contribution in [3.63, 3.8) is 0 Å². The number of rotatable bonds is 16. The van der Waals surface area contributed by atoms with Gasteiger partial charge in [-0.1, -0.05) is 127 Å². The first-order valence-electron chi connectivity index (χ1n) is 21.0. The normalized spacial score (nSPS) is 17.6. The van der Waals surface area contributed by atoms with Crippen LogP contribution in [0.15, 0.2) is 176 Å². The first-order chi connectivity index (χ1) is 31.4. The topological polar surface area (TPSA) is 131 Å². The summed E-state index contributed by atoms with van der Waals surface area (Å²) in [6.45, 7) is -0.0164. The lowest BCUT2D eigenvalue weighted by atomic mass is 9.77. The number of methoxy groups -OCH3 is 4. The molecule has 9 rings (SSSR count). The van der Waals surface area contributed by atoms with Crippen LogP contribution in [0.4, 0.5) is 5.82 Å². The van der Waals surface area contributed by atoms with Gasteiger partial charge in [0.05, 0.1) is 34.3 Å². The van der Waals surface area contributed by atoms with Gasteiger partial charge < -0.3 is 38.8 Å². The van der Waals surface area contributed by atoms with E-state index in [0.29, 0.717) is 28.5 Å². The van der Waals surface area contributed by atoms with Gasteiger partial charge in [-0.3, -0.25) is 4.57 Å². The molecule has 1 fully saturated rings. The van der Waals surface area contributed by atoms with Crippen LogP contribution in [-0.2, 0) is 25.4 Å². The lowest BCUT2D eigenvalue weighted by Gasteiger charge is -2.37. The van der Waals surface area contributed by atoms with Crippen LogP contribution in [-0.4, -0.2) is 78.0 Å². The highest BCUT2D eigenvalue weighted by molar-refractivity contribution is 5.84. The minimum atomic E-state index is -1.13. The number of imidazole rings is 1. The van der Waals surface area contributed by atoms with Crippen LogP contribution in [0.1, 0.15) is 39.6 Å². The van der Waals surface area contributed by atoms with Gasteiger partial charge >= 0.3 is 0 Å². The second-order valence-electron chi connectivity index (χ2n) is 15.5. The predicted octanol–water partition coefficient (Wildman–Crippen LogP) is 8.54. The molecule has 0 spiro atoms. The van der Waals surface area contributed by atoms with E-state index < -0.39 is 35.7 Å². The Morgan fingerprint density at radius 2 is 1.03 bits per heavy atom. The Morgan fingerprint density at radius 3 is 1.52 bits per heavy atom. The number of nitrogens with zero attached hydrogens (tertiary/aromatic N) is 4. The maximum atomic E-state index is 12.0. The second-order valence-corrected chi connectivity index (χ2v) is 15.5. The summed E-state index contributed by atoms with van der Waals surface area (Å²) in [6, 6.07) is 54.1. The standard InChI is InChI=1S/C52H49N5O7/c1-59-41-26-20-37(21-27-41)51(35-14-8-5-9-15-35,36-16-10-6-11-17-36)56-48-45-49(54-33-53-48)57(34-55-45)50-47(62-4)46(58)44(64-50)32-63-52(38-18-12-7-13-19-38,39-22-28-42(60-2)29-23-39)40-24-30-43(61-3)31-25-40/h5-31,33-34,44,46-47,50,58H,32H2,1-4H3,(H,53,54,56)/t44-,46-,47-,50-/m1/s1. The van der Waals surface area contributed by atoms with Crippen molar-refractivity contribution in [2.24, 2.45) is 0 Å². The third kappa shape index (κ3) is 7.60. The summed E-state index contributed by atoms with van der Waals surface area (Å²) in [5, 5.41) is 15.8. The highest BCUT2D eigenvalue weighted by Gasteiger charge is 2.48. The van der Waals surface area contributed by atoms with Crippen LogP contribution in [0.5, 0.6) is 17.2 Å². The highest BCUT2D eigenvalue weighted by atomic mass is 16.6. The predicted molar refractivity (Wildman–Crippen MR) is 244 cm³/mol. The van der Waals surface area contributed by atoms with Gasteiger partial charge in [-0.05, 0) is 69.8 Å². The van der Waals surface area contributed by atoms with Crippen LogP contribution >= 0.6 is 0 Å². The third-order valence-electron chi connectivity index (χ3n) is 12.1. The molecule has 3 heterocycles. The van der Waals surface area contributed by atoms with Crippen molar-refractivity contribution in [3.05, 3.63) is 210 Å². The molecule has 324 valence electrons. The maximum Gasteiger partial charge on any atom is 0.167 e. The van der Waals surface area contributed by atoms with E-state index >= 15 is 0 Å². The monoisotopic (exact) mass is 855 g/mol. The number of ether oxygens (including phenoxy) is 6. The first kappa shape index (κ1) is 42.2. The van der Waals surface area contributed by atoms with E-state index in [0.717, 1.165) is 39.1 Å². The number of anilines is 1. The summed E-state index contributed by atoms with van der Waals surface area (Å²) in [6.07, 6.45) is -0.401. The largest absolute Gasteiger partial charge is 0.497 e. The summed E-state index contributed by atoms with van der Waals surface area (Å²) >= 11 is 0.